The summed E-state index contributed by atoms with van der Waals surface area (Å²) in [5, 5.41) is 9.61. The van der Waals surface area contributed by atoms with Crippen LogP contribution in [-0.2, 0) is 4.79 Å². The maximum absolute atomic E-state index is 12.8. The SMILES string of the molecule is CCCCCCCC[N+](C)(C)C.O=C([O-])C(F)(F)C(F)(F)C(F)(F)C(F)(F)C(F)(F)C(F)(F)C(F)(F)F. The minimum Gasteiger partial charge on any atom is -0.544 e. The Kier molecular flexibility index (Phi) is 12.2. The Hall–Kier alpha value is -1.62. The molecule has 0 saturated carbocycles. The van der Waals surface area contributed by atoms with E-state index in [0.717, 1.165) is 4.48 Å². The molecule has 0 atom stereocenters. The zero-order valence-corrected chi connectivity index (χ0v) is 19.9. The van der Waals surface area contributed by atoms with Crippen LogP contribution in [0.3, 0.4) is 0 Å². The normalized spacial score (nSPS) is 14.8. The van der Waals surface area contributed by atoms with E-state index < -0.39 is 47.7 Å². The molecule has 0 aromatic heterocycles. The van der Waals surface area contributed by atoms with Gasteiger partial charge in [0, 0.05) is 0 Å². The van der Waals surface area contributed by atoms with Gasteiger partial charge in [-0.15, -0.1) is 0 Å². The average Bonchev–Trinajstić information content (AvgIpc) is 2.68. The number of carbonyl (C=O) groups excluding carboxylic acids is 1. The number of hydrogen-bond donors (Lipinski definition) is 0. The molecule has 18 heteroatoms. The highest BCUT2D eigenvalue weighted by Crippen LogP contribution is 2.62. The molecular weight excluding hydrogens is 559 g/mol. The minimum atomic E-state index is -8.50. The third-order valence-corrected chi connectivity index (χ3v) is 4.77. The van der Waals surface area contributed by atoms with Gasteiger partial charge in [-0.1, -0.05) is 32.6 Å². The van der Waals surface area contributed by atoms with E-state index >= 15 is 0 Å². The number of unbranched alkanes of at least 4 members (excludes halogenated alkanes) is 5. The van der Waals surface area contributed by atoms with Crippen molar-refractivity contribution >= 4 is 5.97 Å². The van der Waals surface area contributed by atoms with Gasteiger partial charge in [-0.3, -0.25) is 0 Å². The molecule has 0 saturated heterocycles. The first-order valence-electron chi connectivity index (χ1n) is 10.4. The maximum atomic E-state index is 12.8. The molecule has 0 aromatic carbocycles. The summed E-state index contributed by atoms with van der Waals surface area (Å²) < 4.78 is 187. The van der Waals surface area contributed by atoms with Crippen molar-refractivity contribution < 1.29 is 80.2 Å². The van der Waals surface area contributed by atoms with Gasteiger partial charge in [-0.05, 0) is 12.8 Å². The van der Waals surface area contributed by atoms with E-state index in [1.807, 2.05) is 0 Å². The topological polar surface area (TPSA) is 40.1 Å². The molecule has 0 amide bonds. The van der Waals surface area contributed by atoms with E-state index in [-0.39, 0.29) is 0 Å². The van der Waals surface area contributed by atoms with Crippen LogP contribution in [-0.4, -0.2) is 79.9 Å². The van der Waals surface area contributed by atoms with Crippen molar-refractivity contribution in [1.29, 1.82) is 0 Å². The summed E-state index contributed by atoms with van der Waals surface area (Å²) in [6.45, 7) is 3.60. The van der Waals surface area contributed by atoms with Crippen molar-refractivity contribution in [2.75, 3.05) is 27.7 Å². The van der Waals surface area contributed by atoms with Gasteiger partial charge in [0.1, 0.15) is 5.97 Å². The molecule has 0 rings (SSSR count). The van der Waals surface area contributed by atoms with E-state index in [4.69, 9.17) is 0 Å². The molecule has 3 nitrogen and oxygen atoms in total. The van der Waals surface area contributed by atoms with Crippen molar-refractivity contribution in [3.63, 3.8) is 0 Å². The highest BCUT2D eigenvalue weighted by molar-refractivity contribution is 5.75. The number of hydrogen-bond acceptors (Lipinski definition) is 2. The molecule has 0 aliphatic rings. The number of carboxylic acids is 1. The lowest BCUT2D eigenvalue weighted by Gasteiger charge is -2.41. The largest absolute Gasteiger partial charge is 0.544 e. The second-order valence-corrected chi connectivity index (χ2v) is 9.01. The van der Waals surface area contributed by atoms with Crippen LogP contribution in [0.15, 0.2) is 0 Å². The standard InChI is InChI=1S/C11H26N.C8HF15O2/c1-5-6-7-8-9-10-11-12(2,3)4;9-2(10,1(24)25)3(11,12)4(13,14)5(15,16)6(17,18)7(19,20)8(21,22)23/h5-11H2,1-4H3;(H,24,25)/q+1;/p-1. The first-order valence-corrected chi connectivity index (χ1v) is 10.4. The molecule has 37 heavy (non-hydrogen) atoms. The Labute approximate surface area is 202 Å². The fourth-order valence-electron chi connectivity index (χ4n) is 2.46. The quantitative estimate of drug-likeness (QED) is 0.148. The molecular formula is C19H26F15NO2. The molecule has 0 spiro atoms. The van der Waals surface area contributed by atoms with Crippen LogP contribution in [0.4, 0.5) is 65.9 Å². The van der Waals surface area contributed by atoms with E-state index in [1.165, 1.54) is 45.1 Å². The number of quaternary nitrogens is 1. The van der Waals surface area contributed by atoms with Crippen LogP contribution < -0.4 is 5.11 Å². The van der Waals surface area contributed by atoms with Gasteiger partial charge in [0.05, 0.1) is 27.7 Å². The van der Waals surface area contributed by atoms with Crippen LogP contribution in [0.5, 0.6) is 0 Å². The monoisotopic (exact) mass is 585 g/mol. The Bertz CT molecular complexity index is 728. The zero-order valence-electron chi connectivity index (χ0n) is 19.9. The van der Waals surface area contributed by atoms with Gasteiger partial charge in [0.15, 0.2) is 0 Å². The van der Waals surface area contributed by atoms with Crippen LogP contribution in [0.1, 0.15) is 45.4 Å². The van der Waals surface area contributed by atoms with E-state index in [0.29, 0.717) is 0 Å². The van der Waals surface area contributed by atoms with E-state index in [1.54, 1.807) is 0 Å². The molecule has 0 aromatic rings. The smallest absolute Gasteiger partial charge is 0.460 e. The van der Waals surface area contributed by atoms with Crippen LogP contribution in [0, 0.1) is 0 Å². The predicted molar refractivity (Wildman–Crippen MR) is 97.0 cm³/mol. The van der Waals surface area contributed by atoms with Gasteiger partial charge < -0.3 is 14.4 Å². The summed E-state index contributed by atoms with van der Waals surface area (Å²) in [6.07, 6.45) is 0.770. The van der Waals surface area contributed by atoms with Crippen molar-refractivity contribution in [3.05, 3.63) is 0 Å². The second kappa shape index (κ2) is 12.1. The Morgan fingerprint density at radius 1 is 0.568 bits per heavy atom. The lowest BCUT2D eigenvalue weighted by Crippen LogP contribution is -2.74. The molecule has 0 unspecified atom stereocenters. The molecule has 0 fully saturated rings. The summed E-state index contributed by atoms with van der Waals surface area (Å²) >= 11 is 0. The summed E-state index contributed by atoms with van der Waals surface area (Å²) in [6, 6.07) is 0. The van der Waals surface area contributed by atoms with Crippen molar-refractivity contribution in [1.82, 2.24) is 0 Å². The highest BCUT2D eigenvalue weighted by atomic mass is 19.4. The van der Waals surface area contributed by atoms with Gasteiger partial charge in [-0.25, -0.2) is 0 Å². The first-order chi connectivity index (χ1) is 16.0. The molecule has 0 aliphatic heterocycles. The zero-order chi connectivity index (χ0) is 30.5. The molecule has 224 valence electrons. The fourth-order valence-corrected chi connectivity index (χ4v) is 2.46. The summed E-state index contributed by atoms with van der Waals surface area (Å²) in [4.78, 5) is 9.61. The van der Waals surface area contributed by atoms with Gasteiger partial charge in [0.25, 0.3) is 0 Å². The summed E-state index contributed by atoms with van der Waals surface area (Å²) in [7, 11) is 6.81. The van der Waals surface area contributed by atoms with Crippen molar-refractivity contribution in [2.24, 2.45) is 0 Å². The summed E-state index contributed by atoms with van der Waals surface area (Å²) in [5.41, 5.74) is 0. The molecule has 0 N–H and O–H groups in total. The fraction of sp³-hybridized carbons (Fsp3) is 0.947. The average molecular weight is 585 g/mol. The number of alkyl halides is 15. The van der Waals surface area contributed by atoms with E-state index in [9.17, 15) is 75.8 Å². The Morgan fingerprint density at radius 2 is 0.892 bits per heavy atom. The molecule has 0 aliphatic carbocycles. The van der Waals surface area contributed by atoms with Crippen LogP contribution in [0.2, 0.25) is 0 Å². The number of carboxylic acid groups (broad SMARTS) is 1. The molecule has 0 bridgehead atoms. The number of nitrogens with zero attached hydrogens (tertiary/aromatic N) is 1. The minimum absolute atomic E-state index is 1.12. The molecule has 0 radical (unpaired) electrons. The Balaban J connectivity index is 0. The van der Waals surface area contributed by atoms with Gasteiger partial charge >= 0.3 is 41.7 Å². The lowest BCUT2D eigenvalue weighted by atomic mass is 9.91. The predicted octanol–water partition coefficient (Wildman–Crippen LogP) is 6.16. The highest BCUT2D eigenvalue weighted by Gasteiger charge is 2.93. The lowest BCUT2D eigenvalue weighted by molar-refractivity contribution is -0.870. The number of rotatable bonds is 13. The van der Waals surface area contributed by atoms with Gasteiger partial charge in [0.2, 0.25) is 0 Å². The summed E-state index contributed by atoms with van der Waals surface area (Å²) in [5.74, 6) is -53.3. The number of carbonyl (C=O) groups is 1. The third kappa shape index (κ3) is 7.94. The third-order valence-electron chi connectivity index (χ3n) is 4.77. The molecule has 0 heterocycles. The van der Waals surface area contributed by atoms with Gasteiger partial charge in [-0.2, -0.15) is 65.9 Å². The maximum Gasteiger partial charge on any atom is 0.460 e. The van der Waals surface area contributed by atoms with E-state index in [2.05, 4.69) is 28.1 Å². The van der Waals surface area contributed by atoms with Crippen molar-refractivity contribution in [2.45, 2.75) is 87.2 Å². The number of aliphatic carboxylic acids is 1. The number of halogens is 15. The Morgan fingerprint density at radius 3 is 1.22 bits per heavy atom. The first kappa shape index (κ1) is 37.5. The van der Waals surface area contributed by atoms with Crippen LogP contribution >= 0.6 is 0 Å². The van der Waals surface area contributed by atoms with Crippen molar-refractivity contribution in [3.8, 4) is 0 Å². The van der Waals surface area contributed by atoms with Crippen LogP contribution in [0.25, 0.3) is 0 Å². The second-order valence-electron chi connectivity index (χ2n) is 9.01.